The molecule has 2 aromatic carbocycles. The summed E-state index contributed by atoms with van der Waals surface area (Å²) >= 11 is 0. The van der Waals surface area contributed by atoms with Gasteiger partial charge >= 0.3 is 0 Å². The number of amides is 1. The topological polar surface area (TPSA) is 89.3 Å². The minimum atomic E-state index is -0.0135. The fraction of sp³-hybridized carbons (Fsp3) is 0.227. The van der Waals surface area contributed by atoms with Crippen LogP contribution in [0, 0.1) is 0 Å². The molecule has 1 fully saturated rings. The molecule has 0 bridgehead atoms. The van der Waals surface area contributed by atoms with Crippen molar-refractivity contribution in [3.63, 3.8) is 0 Å². The van der Waals surface area contributed by atoms with E-state index < -0.39 is 0 Å². The number of aromatic nitrogens is 5. The molecule has 0 spiro atoms. The van der Waals surface area contributed by atoms with Gasteiger partial charge in [0.2, 0.25) is 0 Å². The maximum Gasteiger partial charge on any atom is 0.260 e. The molecule has 0 saturated carbocycles. The Hall–Kier alpha value is -4.01. The quantitative estimate of drug-likeness (QED) is 0.492. The van der Waals surface area contributed by atoms with Gasteiger partial charge in [-0.25, -0.2) is 9.67 Å². The molecule has 0 aliphatic carbocycles. The van der Waals surface area contributed by atoms with Gasteiger partial charge in [0.25, 0.3) is 5.91 Å². The molecule has 4 aromatic rings. The predicted octanol–water partition coefficient (Wildman–Crippen LogP) is 1.94. The standard InChI is InChI=1S/C22H21N7O2/c30-22(14-31-19-6-5-17-3-1-2-4-18(17)13-19)28-11-9-27(10-12-28)20-7-8-21(26-25-20)29-16-23-15-24-29/h1-8,13,15-16H,9-12,14H2. The van der Waals surface area contributed by atoms with Crippen LogP contribution in [0.4, 0.5) is 5.82 Å². The Morgan fingerprint density at radius 2 is 1.68 bits per heavy atom. The van der Waals surface area contributed by atoms with Crippen LogP contribution < -0.4 is 9.64 Å². The van der Waals surface area contributed by atoms with Gasteiger partial charge in [-0.3, -0.25) is 4.79 Å². The van der Waals surface area contributed by atoms with Gasteiger partial charge in [-0.05, 0) is 35.0 Å². The van der Waals surface area contributed by atoms with Gasteiger partial charge in [0.15, 0.2) is 18.2 Å². The van der Waals surface area contributed by atoms with E-state index in [0.29, 0.717) is 37.7 Å². The second-order valence-corrected chi connectivity index (χ2v) is 7.26. The molecule has 9 nitrogen and oxygen atoms in total. The van der Waals surface area contributed by atoms with E-state index in [1.165, 1.54) is 6.33 Å². The minimum Gasteiger partial charge on any atom is -0.484 e. The van der Waals surface area contributed by atoms with Gasteiger partial charge in [0.1, 0.15) is 18.4 Å². The van der Waals surface area contributed by atoms with E-state index in [1.54, 1.807) is 11.0 Å². The van der Waals surface area contributed by atoms with Crippen molar-refractivity contribution < 1.29 is 9.53 Å². The van der Waals surface area contributed by atoms with Gasteiger partial charge < -0.3 is 14.5 Å². The van der Waals surface area contributed by atoms with Gasteiger partial charge in [0.05, 0.1) is 0 Å². The van der Waals surface area contributed by atoms with Crippen LogP contribution in [0.25, 0.3) is 16.6 Å². The zero-order valence-corrected chi connectivity index (χ0v) is 16.8. The summed E-state index contributed by atoms with van der Waals surface area (Å²) in [6, 6.07) is 17.7. The van der Waals surface area contributed by atoms with E-state index >= 15 is 0 Å². The summed E-state index contributed by atoms with van der Waals surface area (Å²) in [6.07, 6.45) is 3.03. The highest BCUT2D eigenvalue weighted by molar-refractivity contribution is 5.84. The van der Waals surface area contributed by atoms with Crippen LogP contribution in [-0.4, -0.2) is 68.6 Å². The molecule has 156 valence electrons. The molecule has 0 N–H and O–H groups in total. The normalized spacial score (nSPS) is 14.1. The number of nitrogens with zero attached hydrogens (tertiary/aromatic N) is 7. The first-order chi connectivity index (χ1) is 15.3. The third-order valence-electron chi connectivity index (χ3n) is 5.33. The molecule has 0 atom stereocenters. The fourth-order valence-electron chi connectivity index (χ4n) is 3.61. The molecule has 0 unspecified atom stereocenters. The smallest absolute Gasteiger partial charge is 0.260 e. The Morgan fingerprint density at radius 3 is 2.42 bits per heavy atom. The number of benzene rings is 2. The molecule has 1 saturated heterocycles. The van der Waals surface area contributed by atoms with Gasteiger partial charge in [-0.1, -0.05) is 30.3 Å². The molecule has 9 heteroatoms. The molecule has 1 aliphatic heterocycles. The SMILES string of the molecule is O=C(COc1ccc2ccccc2c1)N1CCN(c2ccc(-n3cncn3)nn2)CC1. The van der Waals surface area contributed by atoms with E-state index in [1.807, 2.05) is 53.4 Å². The zero-order valence-electron chi connectivity index (χ0n) is 16.8. The molecule has 2 aromatic heterocycles. The molecular formula is C22H21N7O2. The van der Waals surface area contributed by atoms with Crippen molar-refractivity contribution in [3.05, 3.63) is 67.3 Å². The van der Waals surface area contributed by atoms with Gasteiger partial charge in [0, 0.05) is 26.2 Å². The molecule has 1 aliphatic rings. The van der Waals surface area contributed by atoms with E-state index in [4.69, 9.17) is 4.74 Å². The lowest BCUT2D eigenvalue weighted by molar-refractivity contribution is -0.133. The lowest BCUT2D eigenvalue weighted by atomic mass is 10.1. The van der Waals surface area contributed by atoms with Crippen LogP contribution in [-0.2, 0) is 4.79 Å². The van der Waals surface area contributed by atoms with Crippen molar-refractivity contribution in [1.82, 2.24) is 29.9 Å². The van der Waals surface area contributed by atoms with Gasteiger partial charge in [-0.2, -0.15) is 5.10 Å². The number of fused-ring (bicyclic) bond motifs is 1. The first kappa shape index (κ1) is 19.0. The molecular weight excluding hydrogens is 394 g/mol. The summed E-state index contributed by atoms with van der Waals surface area (Å²) in [4.78, 5) is 20.4. The second kappa shape index (κ2) is 8.39. The Kier molecular flexibility index (Phi) is 5.14. The number of rotatable bonds is 5. The maximum atomic E-state index is 12.6. The van der Waals surface area contributed by atoms with E-state index in [9.17, 15) is 4.79 Å². The Balaban J connectivity index is 1.14. The summed E-state index contributed by atoms with van der Waals surface area (Å²) < 4.78 is 7.31. The molecule has 5 rings (SSSR count). The average Bonchev–Trinajstić information content (AvgIpc) is 3.38. The Bertz CT molecular complexity index is 1170. The van der Waals surface area contributed by atoms with Crippen molar-refractivity contribution in [2.24, 2.45) is 0 Å². The first-order valence-corrected chi connectivity index (χ1v) is 10.1. The molecule has 0 radical (unpaired) electrons. The van der Waals surface area contributed by atoms with E-state index in [2.05, 4.69) is 31.2 Å². The number of carbonyl (C=O) groups is 1. The molecule has 1 amide bonds. The lowest BCUT2D eigenvalue weighted by Gasteiger charge is -2.35. The van der Waals surface area contributed by atoms with Crippen LogP contribution in [0.3, 0.4) is 0 Å². The fourth-order valence-corrected chi connectivity index (χ4v) is 3.61. The minimum absolute atomic E-state index is 0.0135. The Labute approximate surface area is 178 Å². The van der Waals surface area contributed by atoms with E-state index in [0.717, 1.165) is 16.6 Å². The molecule has 3 heterocycles. The summed E-state index contributed by atoms with van der Waals surface area (Å²) in [5.41, 5.74) is 0. The second-order valence-electron chi connectivity index (χ2n) is 7.26. The largest absolute Gasteiger partial charge is 0.484 e. The number of piperazine rings is 1. The number of ether oxygens (including phenoxy) is 1. The summed E-state index contributed by atoms with van der Waals surface area (Å²) in [5, 5.41) is 14.8. The van der Waals surface area contributed by atoms with Crippen LogP contribution >= 0.6 is 0 Å². The zero-order chi connectivity index (χ0) is 21.0. The number of carbonyl (C=O) groups excluding carboxylic acids is 1. The summed E-state index contributed by atoms with van der Waals surface area (Å²) in [6.45, 7) is 2.65. The number of hydrogen-bond donors (Lipinski definition) is 0. The summed E-state index contributed by atoms with van der Waals surface area (Å²) in [7, 11) is 0. The van der Waals surface area contributed by atoms with Gasteiger partial charge in [-0.15, -0.1) is 10.2 Å². The van der Waals surface area contributed by atoms with Crippen LogP contribution in [0.15, 0.2) is 67.3 Å². The maximum absolute atomic E-state index is 12.6. The number of anilines is 1. The summed E-state index contributed by atoms with van der Waals surface area (Å²) in [5.74, 6) is 2.08. The van der Waals surface area contributed by atoms with Crippen molar-refractivity contribution in [2.75, 3.05) is 37.7 Å². The monoisotopic (exact) mass is 415 g/mol. The lowest BCUT2D eigenvalue weighted by Crippen LogP contribution is -2.50. The highest BCUT2D eigenvalue weighted by Crippen LogP contribution is 2.21. The van der Waals surface area contributed by atoms with Crippen LogP contribution in [0.1, 0.15) is 0 Å². The van der Waals surface area contributed by atoms with Crippen LogP contribution in [0.5, 0.6) is 5.75 Å². The average molecular weight is 415 g/mol. The van der Waals surface area contributed by atoms with Crippen molar-refractivity contribution >= 4 is 22.5 Å². The third-order valence-corrected chi connectivity index (χ3v) is 5.33. The molecule has 31 heavy (non-hydrogen) atoms. The Morgan fingerprint density at radius 1 is 0.903 bits per heavy atom. The van der Waals surface area contributed by atoms with Crippen molar-refractivity contribution in [1.29, 1.82) is 0 Å². The van der Waals surface area contributed by atoms with Crippen molar-refractivity contribution in [2.45, 2.75) is 0 Å². The highest BCUT2D eigenvalue weighted by atomic mass is 16.5. The number of hydrogen-bond acceptors (Lipinski definition) is 7. The third kappa shape index (κ3) is 4.16. The van der Waals surface area contributed by atoms with E-state index in [-0.39, 0.29) is 12.5 Å². The van der Waals surface area contributed by atoms with Crippen LogP contribution in [0.2, 0.25) is 0 Å². The first-order valence-electron chi connectivity index (χ1n) is 10.1. The predicted molar refractivity (Wildman–Crippen MR) is 115 cm³/mol. The highest BCUT2D eigenvalue weighted by Gasteiger charge is 2.22. The van der Waals surface area contributed by atoms with Crippen molar-refractivity contribution in [3.8, 4) is 11.6 Å².